The summed E-state index contributed by atoms with van der Waals surface area (Å²) < 4.78 is 12.1. The van der Waals surface area contributed by atoms with E-state index in [0.717, 1.165) is 5.69 Å². The van der Waals surface area contributed by atoms with E-state index in [4.69, 9.17) is 11.6 Å². The van der Waals surface area contributed by atoms with Crippen molar-refractivity contribution in [3.8, 4) is 0 Å². The average Bonchev–Trinajstić information content (AvgIpc) is 2.00. The number of nitrogens with zero attached hydrogens (tertiary/aromatic N) is 2. The minimum Gasteiger partial charge on any atom is -0.232 e. The molecule has 1 aromatic heterocycles. The van der Waals surface area contributed by atoms with Gasteiger partial charge in [0.25, 0.3) is 0 Å². The minimum atomic E-state index is -1.04. The molecule has 1 saturated carbocycles. The summed E-state index contributed by atoms with van der Waals surface area (Å²) >= 11 is 7.46. The molecule has 0 atom stereocenters. The van der Waals surface area contributed by atoms with E-state index in [2.05, 4.69) is 9.97 Å². The van der Waals surface area contributed by atoms with Crippen molar-refractivity contribution < 1.29 is 4.39 Å². The topological polar surface area (TPSA) is 25.8 Å². The van der Waals surface area contributed by atoms with Gasteiger partial charge in [-0.25, -0.2) is 14.4 Å². The lowest BCUT2D eigenvalue weighted by molar-refractivity contribution is 0.157. The van der Waals surface area contributed by atoms with Gasteiger partial charge >= 0.3 is 0 Å². The molecule has 1 fully saturated rings. The molecule has 0 spiro atoms. The van der Waals surface area contributed by atoms with Crippen LogP contribution in [0.4, 0.5) is 4.39 Å². The van der Waals surface area contributed by atoms with Gasteiger partial charge in [-0.05, 0) is 53.1 Å². The van der Waals surface area contributed by atoms with Gasteiger partial charge in [-0.15, -0.1) is 0 Å². The van der Waals surface area contributed by atoms with Crippen molar-refractivity contribution in [3.05, 3.63) is 23.2 Å². The van der Waals surface area contributed by atoms with Crippen LogP contribution in [-0.4, -0.2) is 13.6 Å². The summed E-state index contributed by atoms with van der Waals surface area (Å²) in [5.41, 5.74) is 0.852. The van der Waals surface area contributed by atoms with E-state index < -0.39 is 3.68 Å². The van der Waals surface area contributed by atoms with Crippen molar-refractivity contribution >= 4 is 34.2 Å². The number of hydrogen-bond donors (Lipinski definition) is 0. The smallest absolute Gasteiger partial charge is 0.222 e. The molecule has 0 aliphatic heterocycles. The summed E-state index contributed by atoms with van der Waals surface area (Å²) in [6.45, 7) is 0. The largest absolute Gasteiger partial charge is 0.232 e. The maximum atomic E-state index is 13.2. The highest BCUT2D eigenvalue weighted by molar-refractivity contribution is 14.1. The summed E-state index contributed by atoms with van der Waals surface area (Å²) in [5.74, 6) is 0.211. The van der Waals surface area contributed by atoms with E-state index in [1.807, 2.05) is 22.6 Å². The maximum Gasteiger partial charge on any atom is 0.222 e. The number of rotatable bonds is 1. The van der Waals surface area contributed by atoms with Crippen LogP contribution in [0.2, 0.25) is 5.28 Å². The molecule has 0 unspecified atom stereocenters. The van der Waals surface area contributed by atoms with Gasteiger partial charge in [0.2, 0.25) is 5.28 Å². The molecule has 13 heavy (non-hydrogen) atoms. The van der Waals surface area contributed by atoms with Crippen LogP contribution in [0.25, 0.3) is 0 Å². The van der Waals surface area contributed by atoms with Crippen molar-refractivity contribution in [1.82, 2.24) is 9.97 Å². The minimum absolute atomic E-state index is 0.211. The second-order valence-corrected chi connectivity index (χ2v) is 5.48. The van der Waals surface area contributed by atoms with Gasteiger partial charge in [-0.3, -0.25) is 0 Å². The van der Waals surface area contributed by atoms with Crippen LogP contribution in [0.5, 0.6) is 0 Å². The fourth-order valence-electron chi connectivity index (χ4n) is 1.45. The van der Waals surface area contributed by atoms with Gasteiger partial charge in [0.15, 0.2) is 3.68 Å². The molecule has 1 aromatic rings. The summed E-state index contributed by atoms with van der Waals surface area (Å²) in [6, 6.07) is 1.79. The van der Waals surface area contributed by atoms with E-state index in [1.54, 1.807) is 12.3 Å². The third-order valence-electron chi connectivity index (χ3n) is 2.16. The van der Waals surface area contributed by atoms with Crippen LogP contribution >= 0.6 is 34.2 Å². The number of hydrogen-bond acceptors (Lipinski definition) is 2. The Bertz CT molecular complexity index is 324. The zero-order valence-electron chi connectivity index (χ0n) is 6.67. The van der Waals surface area contributed by atoms with Gasteiger partial charge in [0, 0.05) is 17.8 Å². The molecule has 0 aromatic carbocycles. The molecule has 1 heterocycles. The van der Waals surface area contributed by atoms with Crippen LogP contribution in [0, 0.1) is 0 Å². The molecule has 0 N–H and O–H groups in total. The Labute approximate surface area is 94.1 Å². The average molecular weight is 313 g/mol. The van der Waals surface area contributed by atoms with Gasteiger partial charge in [-0.1, -0.05) is 0 Å². The lowest BCUT2D eigenvalue weighted by Gasteiger charge is -2.36. The molecular formula is C8H7ClFIN2. The number of aromatic nitrogens is 2. The molecule has 1 aliphatic carbocycles. The first-order valence-electron chi connectivity index (χ1n) is 3.93. The number of alkyl halides is 2. The Hall–Kier alpha value is 0.0300. The van der Waals surface area contributed by atoms with Gasteiger partial charge < -0.3 is 0 Å². The fraction of sp³-hybridized carbons (Fsp3) is 0.500. The predicted octanol–water partition coefficient (Wildman–Crippen LogP) is 3.11. The maximum absolute atomic E-state index is 13.2. The van der Waals surface area contributed by atoms with Crippen molar-refractivity contribution in [1.29, 1.82) is 0 Å². The Kier molecular flexibility index (Phi) is 2.44. The van der Waals surface area contributed by atoms with Crippen LogP contribution in [0.3, 0.4) is 0 Å². The highest BCUT2D eigenvalue weighted by Gasteiger charge is 2.43. The second kappa shape index (κ2) is 3.31. The molecule has 0 amide bonds. The first-order valence-corrected chi connectivity index (χ1v) is 5.39. The van der Waals surface area contributed by atoms with E-state index >= 15 is 0 Å². The summed E-state index contributed by atoms with van der Waals surface area (Å²) in [4.78, 5) is 7.82. The standard InChI is InChI=1S/C8H7ClFIN2/c9-7-12-2-1-6(13-7)5-3-8(10,11)4-5/h1-2,5H,3-4H2. The molecule has 1 aliphatic rings. The molecule has 2 rings (SSSR count). The summed E-state index contributed by atoms with van der Waals surface area (Å²) in [5, 5.41) is 0.238. The molecule has 2 nitrogen and oxygen atoms in total. The second-order valence-electron chi connectivity index (χ2n) is 3.21. The normalized spacial score (nSPS) is 32.7. The Morgan fingerprint density at radius 1 is 1.62 bits per heavy atom. The van der Waals surface area contributed by atoms with E-state index in [1.165, 1.54) is 0 Å². The SMILES string of the molecule is FC1(I)CC(c2ccnc(Cl)n2)C1. The quantitative estimate of drug-likeness (QED) is 0.452. The van der Waals surface area contributed by atoms with Crippen molar-refractivity contribution in [2.45, 2.75) is 22.4 Å². The van der Waals surface area contributed by atoms with Gasteiger partial charge in [0.1, 0.15) is 0 Å². The first-order chi connectivity index (χ1) is 6.07. The fourth-order valence-corrected chi connectivity index (χ4v) is 2.66. The van der Waals surface area contributed by atoms with Gasteiger partial charge in [-0.2, -0.15) is 0 Å². The summed E-state index contributed by atoms with van der Waals surface area (Å²) in [7, 11) is 0. The van der Waals surface area contributed by atoms with Crippen LogP contribution < -0.4 is 0 Å². The third kappa shape index (κ3) is 2.10. The van der Waals surface area contributed by atoms with Crippen LogP contribution in [0.15, 0.2) is 12.3 Å². The third-order valence-corrected chi connectivity index (χ3v) is 3.22. The van der Waals surface area contributed by atoms with Crippen molar-refractivity contribution in [2.75, 3.05) is 0 Å². The van der Waals surface area contributed by atoms with E-state index in [-0.39, 0.29) is 11.2 Å². The van der Waals surface area contributed by atoms with Crippen LogP contribution in [0.1, 0.15) is 24.5 Å². The lowest BCUT2D eigenvalue weighted by atomic mass is 9.81. The molecule has 0 saturated heterocycles. The molecular weight excluding hydrogens is 305 g/mol. The highest BCUT2D eigenvalue weighted by Crippen LogP contribution is 2.50. The van der Waals surface area contributed by atoms with E-state index in [9.17, 15) is 4.39 Å². The first kappa shape index (κ1) is 9.58. The predicted molar refractivity (Wildman–Crippen MR) is 56.9 cm³/mol. The Morgan fingerprint density at radius 2 is 2.31 bits per heavy atom. The van der Waals surface area contributed by atoms with Crippen LogP contribution in [-0.2, 0) is 0 Å². The molecule has 0 radical (unpaired) electrons. The zero-order chi connectivity index (χ0) is 9.47. The summed E-state index contributed by atoms with van der Waals surface area (Å²) in [6.07, 6.45) is 2.66. The molecule has 5 heteroatoms. The van der Waals surface area contributed by atoms with Gasteiger partial charge in [0.05, 0.1) is 0 Å². The monoisotopic (exact) mass is 312 g/mol. The zero-order valence-corrected chi connectivity index (χ0v) is 9.59. The molecule has 0 bridgehead atoms. The Morgan fingerprint density at radius 3 is 2.85 bits per heavy atom. The van der Waals surface area contributed by atoms with E-state index in [0.29, 0.717) is 12.8 Å². The lowest BCUT2D eigenvalue weighted by Crippen LogP contribution is -2.32. The van der Waals surface area contributed by atoms with Crippen molar-refractivity contribution in [3.63, 3.8) is 0 Å². The Balaban J connectivity index is 2.11. The van der Waals surface area contributed by atoms with Crippen molar-refractivity contribution in [2.24, 2.45) is 0 Å². The highest BCUT2D eigenvalue weighted by atomic mass is 127. The molecule has 70 valence electrons. The number of halogens is 3.